The van der Waals surface area contributed by atoms with Crippen LogP contribution in [0.5, 0.6) is 0 Å². The highest BCUT2D eigenvalue weighted by molar-refractivity contribution is 5.75. The Hall–Kier alpha value is -4.10. The van der Waals surface area contributed by atoms with Crippen LogP contribution in [0.25, 0.3) is 0 Å². The van der Waals surface area contributed by atoms with Crippen LogP contribution < -0.4 is 0 Å². The summed E-state index contributed by atoms with van der Waals surface area (Å²) in [6.07, 6.45) is -7.38. The quantitative estimate of drug-likeness (QED) is 0.276. The zero-order valence-electron chi connectivity index (χ0n) is 31.5. The van der Waals surface area contributed by atoms with Gasteiger partial charge >= 0.3 is 35.8 Å². The molecule has 3 aliphatic heterocycles. The molecule has 8 rings (SSSR count). The topological polar surface area (TPSA) is 239 Å². The summed E-state index contributed by atoms with van der Waals surface area (Å²) in [5.74, 6) is -9.92. The molecule has 2 spiro atoms. The van der Waals surface area contributed by atoms with Crippen molar-refractivity contribution in [2.24, 2.45) is 28.1 Å². The average molecular weight is 777 g/mol. The van der Waals surface area contributed by atoms with Crippen LogP contribution in [0.2, 0.25) is 0 Å². The first-order chi connectivity index (χ1) is 25.6. The van der Waals surface area contributed by atoms with Gasteiger partial charge < -0.3 is 57.3 Å². The molecule has 4 heterocycles. The Morgan fingerprint density at radius 2 is 1.56 bits per heavy atom. The number of hydrogen-bond donors (Lipinski definition) is 2. The summed E-state index contributed by atoms with van der Waals surface area (Å²) in [4.78, 5) is 80.2. The predicted molar refractivity (Wildman–Crippen MR) is 173 cm³/mol. The van der Waals surface area contributed by atoms with Crippen LogP contribution in [-0.2, 0) is 71.4 Å². The summed E-state index contributed by atoms with van der Waals surface area (Å²) >= 11 is 0. The minimum absolute atomic E-state index is 0.262. The van der Waals surface area contributed by atoms with Gasteiger partial charge in [-0.05, 0) is 18.4 Å². The zero-order valence-corrected chi connectivity index (χ0v) is 31.5. The van der Waals surface area contributed by atoms with E-state index in [1.165, 1.54) is 25.5 Å². The van der Waals surface area contributed by atoms with E-state index in [1.54, 1.807) is 13.8 Å². The third-order valence-electron chi connectivity index (χ3n) is 14.1. The molecule has 2 N–H and O–H groups in total. The second-order valence-electron chi connectivity index (χ2n) is 16.6. The van der Waals surface area contributed by atoms with Crippen molar-refractivity contribution in [2.45, 2.75) is 127 Å². The highest BCUT2D eigenvalue weighted by Crippen LogP contribution is 2.90. The summed E-state index contributed by atoms with van der Waals surface area (Å²) in [6.45, 7) is 8.28. The van der Waals surface area contributed by atoms with Gasteiger partial charge in [0, 0.05) is 57.9 Å². The van der Waals surface area contributed by atoms with E-state index in [0.29, 0.717) is 5.56 Å². The number of methoxy groups -OCH3 is 1. The van der Waals surface area contributed by atoms with Gasteiger partial charge in [0.15, 0.2) is 17.3 Å². The number of carbonyl (C=O) groups is 6. The lowest BCUT2D eigenvalue weighted by Crippen LogP contribution is -2.98. The fraction of sp³-hybridized carbons (Fsp3) is 0.730. The summed E-state index contributed by atoms with van der Waals surface area (Å²) in [5, 5.41) is 27.4. The third-order valence-corrected chi connectivity index (χ3v) is 14.1. The zero-order chi connectivity index (χ0) is 40.1. The maximum Gasteiger partial charge on any atom is 0.306 e. The van der Waals surface area contributed by atoms with Crippen LogP contribution in [0.3, 0.4) is 0 Å². The SMILES string of the molecule is COC(=O)C[C@@H]1[C@]2(C)C[C@]34O[C@@]5(C)O[C@@]6([C@H]7CC(=O)O[C@H](c8ccoc8)[C@@]7(C)[C@H](OC(C)=O)[C@H](O)[C@@]6(O5)[C@@]13COC(C)=O)[C@@H](OC(C)=O)[C@]4(O)[C@@H]2OC(C)=O. The van der Waals surface area contributed by atoms with E-state index in [1.807, 2.05) is 0 Å². The molecule has 0 unspecified atom stereocenters. The molecule has 1 aromatic heterocycles. The van der Waals surface area contributed by atoms with Gasteiger partial charge in [-0.2, -0.15) is 0 Å². The molecular weight excluding hydrogens is 732 g/mol. The van der Waals surface area contributed by atoms with Gasteiger partial charge in [-0.25, -0.2) is 0 Å². The van der Waals surface area contributed by atoms with Crippen molar-refractivity contribution in [1.82, 2.24) is 0 Å². The molecule has 15 atom stereocenters. The molecule has 18 nitrogen and oxygen atoms in total. The van der Waals surface area contributed by atoms with Crippen LogP contribution in [0.4, 0.5) is 0 Å². The van der Waals surface area contributed by atoms with Crippen molar-refractivity contribution < 1.29 is 86.0 Å². The first-order valence-electron chi connectivity index (χ1n) is 18.1. The lowest BCUT2D eigenvalue weighted by Gasteiger charge is -2.78. The number of aliphatic hydroxyl groups is 2. The van der Waals surface area contributed by atoms with E-state index in [4.69, 9.17) is 47.0 Å². The van der Waals surface area contributed by atoms with E-state index in [0.717, 1.165) is 34.8 Å². The average Bonchev–Trinajstić information content (AvgIpc) is 3.79. The summed E-state index contributed by atoms with van der Waals surface area (Å²) in [5.41, 5.74) is -14.8. The molecule has 4 bridgehead atoms. The Kier molecular flexibility index (Phi) is 7.75. The molecule has 7 aliphatic rings. The van der Waals surface area contributed by atoms with Crippen molar-refractivity contribution in [3.63, 3.8) is 0 Å². The van der Waals surface area contributed by atoms with Gasteiger partial charge in [0.2, 0.25) is 0 Å². The third kappa shape index (κ3) is 4.01. The fourth-order valence-electron chi connectivity index (χ4n) is 13.0. The second kappa shape index (κ2) is 11.3. The van der Waals surface area contributed by atoms with Crippen molar-refractivity contribution in [3.05, 3.63) is 24.2 Å². The predicted octanol–water partition coefficient (Wildman–Crippen LogP) is 0.924. The summed E-state index contributed by atoms with van der Waals surface area (Å²) < 4.78 is 61.6. The van der Waals surface area contributed by atoms with E-state index in [9.17, 15) is 39.0 Å². The largest absolute Gasteiger partial charge is 0.472 e. The number of ether oxygens (including phenoxy) is 9. The highest BCUT2D eigenvalue weighted by Gasteiger charge is 3.07. The van der Waals surface area contributed by atoms with Gasteiger partial charge in [0.05, 0.1) is 36.9 Å². The minimum atomic E-state index is -2.64. The maximum atomic E-state index is 14.0. The lowest BCUT2D eigenvalue weighted by molar-refractivity contribution is -0.497. The van der Waals surface area contributed by atoms with Crippen molar-refractivity contribution in [3.8, 4) is 0 Å². The molecule has 300 valence electrons. The highest BCUT2D eigenvalue weighted by atomic mass is 16.9. The first kappa shape index (κ1) is 37.8. The molecule has 7 fully saturated rings. The molecule has 18 heteroatoms. The number of hydrogen-bond acceptors (Lipinski definition) is 18. The van der Waals surface area contributed by atoms with Crippen LogP contribution >= 0.6 is 0 Å². The van der Waals surface area contributed by atoms with Gasteiger partial charge in [0.1, 0.15) is 42.2 Å². The normalized spacial score (nSPS) is 49.3. The monoisotopic (exact) mass is 776 g/mol. The van der Waals surface area contributed by atoms with Crippen molar-refractivity contribution >= 4 is 35.8 Å². The molecule has 0 radical (unpaired) electrons. The number of carbonyl (C=O) groups excluding carboxylic acids is 6. The van der Waals surface area contributed by atoms with Gasteiger partial charge in [-0.1, -0.05) is 13.8 Å². The molecule has 55 heavy (non-hydrogen) atoms. The number of esters is 6. The van der Waals surface area contributed by atoms with E-state index in [-0.39, 0.29) is 6.42 Å². The van der Waals surface area contributed by atoms with Crippen molar-refractivity contribution in [1.29, 1.82) is 0 Å². The number of furan rings is 1. The Labute approximate surface area is 314 Å². The number of rotatable bonds is 8. The lowest BCUT2D eigenvalue weighted by atomic mass is 9.32. The summed E-state index contributed by atoms with van der Waals surface area (Å²) in [6, 6.07) is 1.52. The van der Waals surface area contributed by atoms with Gasteiger partial charge in [0.25, 0.3) is 5.97 Å². The van der Waals surface area contributed by atoms with Crippen LogP contribution in [-0.4, -0.2) is 113 Å². The molecule has 0 amide bonds. The van der Waals surface area contributed by atoms with Gasteiger partial charge in [-0.3, -0.25) is 28.8 Å². The Bertz CT molecular complexity index is 1900. The molecular formula is C37H44O18. The van der Waals surface area contributed by atoms with E-state index >= 15 is 0 Å². The van der Waals surface area contributed by atoms with Crippen LogP contribution in [0, 0.1) is 28.1 Å². The second-order valence-corrected chi connectivity index (χ2v) is 16.6. The van der Waals surface area contributed by atoms with E-state index in [2.05, 4.69) is 0 Å². The van der Waals surface area contributed by atoms with Crippen molar-refractivity contribution in [2.75, 3.05) is 13.7 Å². The number of cyclic esters (lactones) is 1. The van der Waals surface area contributed by atoms with Gasteiger partial charge in [-0.15, -0.1) is 0 Å². The summed E-state index contributed by atoms with van der Waals surface area (Å²) in [7, 11) is 1.16. The Morgan fingerprint density at radius 3 is 2.15 bits per heavy atom. The molecule has 3 saturated heterocycles. The van der Waals surface area contributed by atoms with Crippen LogP contribution in [0.15, 0.2) is 23.0 Å². The number of aliphatic hydroxyl groups excluding tert-OH is 1. The molecule has 0 aromatic carbocycles. The fourth-order valence-corrected chi connectivity index (χ4v) is 13.0. The van der Waals surface area contributed by atoms with E-state index < -0.39 is 142 Å². The number of fused-ring (bicyclic) bond motifs is 3. The molecule has 1 aromatic rings. The standard InChI is InChI=1S/C37H44O18/c1-16(38)48-15-33-21(11-23(42)46-8)30(5)14-34(33)35(45,28(30)50-18(3)40)29(51-19(4)41)36-22-12-24(43)52-26(20-9-10-47-13-20)31(22,6)27(49-17(2)39)25(44)37(33,36)55-32(7,53-34)54-36/h9-10,13,21-22,25-29,44-45H,11-12,14-15H2,1-8H3/t21-,22+,25+,26-,27-,28-,29+,30+,31+,32+,33+,34+,35-,36+,37-/m1/s1. The smallest absolute Gasteiger partial charge is 0.306 e. The maximum absolute atomic E-state index is 14.0. The first-order valence-corrected chi connectivity index (χ1v) is 18.1. The minimum Gasteiger partial charge on any atom is -0.472 e. The van der Waals surface area contributed by atoms with Crippen LogP contribution in [0.1, 0.15) is 79.4 Å². The Morgan fingerprint density at radius 1 is 0.909 bits per heavy atom. The Balaban J connectivity index is 1.56. The molecule has 4 aliphatic carbocycles. The molecule has 4 saturated carbocycles.